The van der Waals surface area contributed by atoms with Crippen molar-refractivity contribution in [1.29, 1.82) is 0 Å². The molecule has 162 valence electrons. The third kappa shape index (κ3) is 2.97. The largest absolute Gasteiger partial charge is 0.0654 e. The predicted molar refractivity (Wildman–Crippen MR) is 122 cm³/mol. The smallest absolute Gasteiger partial charge is 0.0263 e. The lowest BCUT2D eigenvalue weighted by Crippen LogP contribution is -2.59. The van der Waals surface area contributed by atoms with Crippen molar-refractivity contribution in [3.8, 4) is 0 Å². The average Bonchev–Trinajstić information content (AvgIpc) is 3.01. The molecule has 0 aromatic carbocycles. The van der Waals surface area contributed by atoms with E-state index >= 15 is 0 Å². The van der Waals surface area contributed by atoms with Gasteiger partial charge in [-0.3, -0.25) is 0 Å². The van der Waals surface area contributed by atoms with Crippen LogP contribution in [0.25, 0.3) is 0 Å². The molecule has 0 aromatic rings. The molecule has 4 aliphatic carbocycles. The van der Waals surface area contributed by atoms with Crippen LogP contribution in [0, 0.1) is 64.1 Å². The third-order valence-electron chi connectivity index (χ3n) is 11.6. The third-order valence-corrected chi connectivity index (χ3v) is 11.6. The van der Waals surface area contributed by atoms with Crippen molar-refractivity contribution in [3.05, 3.63) is 0 Å². The average molecular weight is 387 g/mol. The highest BCUT2D eigenvalue weighted by Crippen LogP contribution is 2.71. The molecule has 0 amide bonds. The van der Waals surface area contributed by atoms with Gasteiger partial charge in [-0.25, -0.2) is 0 Å². The first kappa shape index (κ1) is 21.2. The van der Waals surface area contributed by atoms with Crippen molar-refractivity contribution >= 4 is 0 Å². The molecular weight excluding hydrogens is 336 g/mol. The Balaban J connectivity index is 1.67. The molecule has 0 radical (unpaired) electrons. The van der Waals surface area contributed by atoms with Crippen LogP contribution in [0.15, 0.2) is 0 Å². The Morgan fingerprint density at radius 1 is 0.857 bits per heavy atom. The zero-order valence-electron chi connectivity index (χ0n) is 20.3. The van der Waals surface area contributed by atoms with Gasteiger partial charge in [0.05, 0.1) is 0 Å². The van der Waals surface area contributed by atoms with Crippen molar-refractivity contribution in [3.63, 3.8) is 0 Å². The first-order valence-corrected chi connectivity index (χ1v) is 13.3. The van der Waals surface area contributed by atoms with E-state index in [1.807, 2.05) is 0 Å². The summed E-state index contributed by atoms with van der Waals surface area (Å²) in [4.78, 5) is 0. The number of rotatable bonds is 4. The van der Waals surface area contributed by atoms with Crippen LogP contribution < -0.4 is 0 Å². The fourth-order valence-electron chi connectivity index (χ4n) is 10.3. The fourth-order valence-corrected chi connectivity index (χ4v) is 10.3. The van der Waals surface area contributed by atoms with Gasteiger partial charge >= 0.3 is 0 Å². The SMILES string of the molecule is CCC[C@@H](C)[C@H]1CC[C@H]2[C@@H]3[C@H](C)[C@H](CC)[C@@H]4C[C@H](C)CC[C@]4(C)[C@H]3CC[C@]12C. The van der Waals surface area contributed by atoms with E-state index in [9.17, 15) is 0 Å². The molecule has 0 aliphatic heterocycles. The van der Waals surface area contributed by atoms with Gasteiger partial charge in [-0.15, -0.1) is 0 Å². The van der Waals surface area contributed by atoms with Crippen LogP contribution in [0.3, 0.4) is 0 Å². The Bertz CT molecular complexity index is 550. The maximum absolute atomic E-state index is 2.77. The highest BCUT2D eigenvalue weighted by atomic mass is 14.7. The van der Waals surface area contributed by atoms with E-state index in [-0.39, 0.29) is 0 Å². The quantitative estimate of drug-likeness (QED) is 0.453. The van der Waals surface area contributed by atoms with Crippen LogP contribution >= 0.6 is 0 Å². The first-order chi connectivity index (χ1) is 13.3. The van der Waals surface area contributed by atoms with E-state index in [4.69, 9.17) is 0 Å². The number of hydrogen-bond donors (Lipinski definition) is 0. The van der Waals surface area contributed by atoms with Crippen LogP contribution in [0.2, 0.25) is 0 Å². The summed E-state index contributed by atoms with van der Waals surface area (Å²) in [6.07, 6.45) is 15.0. The summed E-state index contributed by atoms with van der Waals surface area (Å²) in [6, 6.07) is 0. The van der Waals surface area contributed by atoms with Gasteiger partial charge in [-0.05, 0) is 103 Å². The Kier molecular flexibility index (Phi) is 5.77. The zero-order chi connectivity index (χ0) is 20.3. The summed E-state index contributed by atoms with van der Waals surface area (Å²) >= 11 is 0. The monoisotopic (exact) mass is 386 g/mol. The maximum Gasteiger partial charge on any atom is -0.0263 e. The minimum atomic E-state index is 0.646. The molecule has 4 rings (SSSR count). The van der Waals surface area contributed by atoms with Crippen LogP contribution in [0.1, 0.15) is 113 Å². The van der Waals surface area contributed by atoms with E-state index in [0.29, 0.717) is 10.8 Å². The van der Waals surface area contributed by atoms with Crippen molar-refractivity contribution in [2.45, 2.75) is 113 Å². The molecule has 0 saturated heterocycles. The van der Waals surface area contributed by atoms with Gasteiger partial charge in [0.1, 0.15) is 0 Å². The lowest BCUT2D eigenvalue weighted by atomic mass is 9.39. The number of hydrogen-bond acceptors (Lipinski definition) is 0. The van der Waals surface area contributed by atoms with Crippen LogP contribution in [0.4, 0.5) is 0 Å². The Morgan fingerprint density at radius 2 is 1.54 bits per heavy atom. The summed E-state index contributed by atoms with van der Waals surface area (Å²) in [6.45, 7) is 18.3. The molecule has 28 heavy (non-hydrogen) atoms. The lowest BCUT2D eigenvalue weighted by molar-refractivity contribution is -0.170. The molecule has 11 atom stereocenters. The summed E-state index contributed by atoms with van der Waals surface area (Å²) in [5.74, 6) is 8.95. The van der Waals surface area contributed by atoms with Gasteiger partial charge in [0.15, 0.2) is 0 Å². The molecule has 0 heterocycles. The standard InChI is InChI=1S/C28H50/c1-8-10-19(4)22-11-12-23-26-20(5)21(9-2)25-17-18(3)13-15-28(25,7)24(26)14-16-27(22,23)6/h18-26H,8-17H2,1-7H3/t18-,19-,20-,21+,22-,23+,24+,25+,26+,27-,28-/m1/s1. The van der Waals surface area contributed by atoms with E-state index in [0.717, 1.165) is 53.3 Å². The summed E-state index contributed by atoms with van der Waals surface area (Å²) in [7, 11) is 0. The van der Waals surface area contributed by atoms with Gasteiger partial charge < -0.3 is 0 Å². The Morgan fingerprint density at radius 3 is 2.21 bits per heavy atom. The fraction of sp³-hybridized carbons (Fsp3) is 1.00. The van der Waals surface area contributed by atoms with Crippen LogP contribution in [-0.4, -0.2) is 0 Å². The van der Waals surface area contributed by atoms with Gasteiger partial charge in [-0.1, -0.05) is 74.1 Å². The predicted octanol–water partition coefficient (Wildman–Crippen LogP) is 8.60. The normalized spacial score (nSPS) is 54.5. The summed E-state index contributed by atoms with van der Waals surface area (Å²) < 4.78 is 0. The topological polar surface area (TPSA) is 0 Å². The molecular formula is C28H50. The van der Waals surface area contributed by atoms with Crippen molar-refractivity contribution < 1.29 is 0 Å². The molecule has 4 aliphatic rings. The lowest BCUT2D eigenvalue weighted by Gasteiger charge is -2.65. The van der Waals surface area contributed by atoms with Crippen molar-refractivity contribution in [2.75, 3.05) is 0 Å². The minimum absolute atomic E-state index is 0.646. The molecule has 4 saturated carbocycles. The second kappa shape index (κ2) is 7.60. The van der Waals surface area contributed by atoms with Crippen molar-refractivity contribution in [2.24, 2.45) is 64.1 Å². The van der Waals surface area contributed by atoms with E-state index in [2.05, 4.69) is 48.5 Å². The highest BCUT2D eigenvalue weighted by Gasteiger charge is 2.63. The molecule has 0 unspecified atom stereocenters. The first-order valence-electron chi connectivity index (χ1n) is 13.3. The molecule has 0 bridgehead atoms. The van der Waals surface area contributed by atoms with E-state index in [1.165, 1.54) is 44.9 Å². The molecule has 0 N–H and O–H groups in total. The van der Waals surface area contributed by atoms with Crippen LogP contribution in [0.5, 0.6) is 0 Å². The number of fused-ring (bicyclic) bond motifs is 5. The summed E-state index contributed by atoms with van der Waals surface area (Å²) in [5.41, 5.74) is 1.30. The molecule has 0 aromatic heterocycles. The summed E-state index contributed by atoms with van der Waals surface area (Å²) in [5, 5.41) is 0. The zero-order valence-corrected chi connectivity index (χ0v) is 20.3. The second-order valence-corrected chi connectivity index (χ2v) is 12.7. The Labute approximate surface area is 177 Å². The van der Waals surface area contributed by atoms with E-state index in [1.54, 1.807) is 19.3 Å². The van der Waals surface area contributed by atoms with Gasteiger partial charge in [0.25, 0.3) is 0 Å². The molecule has 0 nitrogen and oxygen atoms in total. The minimum Gasteiger partial charge on any atom is -0.0654 e. The molecule has 0 spiro atoms. The van der Waals surface area contributed by atoms with Gasteiger partial charge in [-0.2, -0.15) is 0 Å². The van der Waals surface area contributed by atoms with E-state index < -0.39 is 0 Å². The Hall–Kier alpha value is 0. The van der Waals surface area contributed by atoms with Crippen molar-refractivity contribution in [1.82, 2.24) is 0 Å². The maximum atomic E-state index is 2.77. The second-order valence-electron chi connectivity index (χ2n) is 12.7. The molecule has 0 heteroatoms. The highest BCUT2D eigenvalue weighted by molar-refractivity contribution is 5.12. The molecule has 4 fully saturated rings. The van der Waals surface area contributed by atoms with Crippen LogP contribution in [-0.2, 0) is 0 Å². The van der Waals surface area contributed by atoms with Gasteiger partial charge in [0, 0.05) is 0 Å². The van der Waals surface area contributed by atoms with Gasteiger partial charge in [0.2, 0.25) is 0 Å².